The lowest BCUT2D eigenvalue weighted by Crippen LogP contribution is -2.21. The number of nitrogens with zero attached hydrogens (tertiary/aromatic N) is 4. The fraction of sp³-hybridized carbons (Fsp3) is 0.0435. The molecule has 0 amide bonds. The number of rotatable bonds is 3. The highest BCUT2D eigenvalue weighted by Crippen LogP contribution is 2.29. The molecule has 5 nitrogen and oxygen atoms in total. The van der Waals surface area contributed by atoms with Crippen LogP contribution in [-0.2, 0) is 0 Å². The van der Waals surface area contributed by atoms with Gasteiger partial charge in [0.1, 0.15) is 12.4 Å². The first-order valence-corrected chi connectivity index (χ1v) is 9.17. The second-order valence-electron chi connectivity index (χ2n) is 6.69. The zero-order chi connectivity index (χ0) is 18.9. The molecule has 5 rings (SSSR count). The first kappa shape index (κ1) is 16.3. The van der Waals surface area contributed by atoms with Gasteiger partial charge in [0.15, 0.2) is 0 Å². The number of aliphatic imine (C=N–C) groups is 1. The molecule has 0 aliphatic carbocycles. The predicted molar refractivity (Wildman–Crippen MR) is 115 cm³/mol. The van der Waals surface area contributed by atoms with Crippen LogP contribution in [0.15, 0.2) is 96.3 Å². The third-order valence-corrected chi connectivity index (χ3v) is 4.85. The first-order valence-electron chi connectivity index (χ1n) is 9.17. The van der Waals surface area contributed by atoms with Crippen LogP contribution in [0.2, 0.25) is 0 Å². The van der Waals surface area contributed by atoms with Crippen LogP contribution in [0.5, 0.6) is 0 Å². The van der Waals surface area contributed by atoms with Gasteiger partial charge in [-0.05, 0) is 42.5 Å². The van der Waals surface area contributed by atoms with Crippen molar-refractivity contribution in [3.05, 3.63) is 96.8 Å². The molecule has 0 fully saturated rings. The van der Waals surface area contributed by atoms with E-state index >= 15 is 0 Å². The highest BCUT2D eigenvalue weighted by Gasteiger charge is 2.20. The molecule has 1 aliphatic heterocycles. The molecule has 2 aromatic heterocycles. The van der Waals surface area contributed by atoms with Gasteiger partial charge in [-0.2, -0.15) is 5.10 Å². The molecular formula is C23H19N5. The number of hydrogen-bond acceptors (Lipinski definition) is 4. The summed E-state index contributed by atoms with van der Waals surface area (Å²) in [4.78, 5) is 6.98. The molecular weight excluding hydrogens is 346 g/mol. The quantitative estimate of drug-likeness (QED) is 0.549. The van der Waals surface area contributed by atoms with E-state index in [9.17, 15) is 0 Å². The summed E-state index contributed by atoms with van der Waals surface area (Å²) in [5, 5.41) is 4.81. The molecule has 28 heavy (non-hydrogen) atoms. The van der Waals surface area contributed by atoms with E-state index in [1.807, 2.05) is 65.3 Å². The lowest BCUT2D eigenvalue weighted by molar-refractivity contribution is 0.964. The molecule has 1 aliphatic rings. The van der Waals surface area contributed by atoms with E-state index in [4.69, 9.17) is 15.8 Å². The summed E-state index contributed by atoms with van der Waals surface area (Å²) in [6, 6.07) is 24.1. The van der Waals surface area contributed by atoms with Gasteiger partial charge in [-0.1, -0.05) is 36.4 Å². The fourth-order valence-corrected chi connectivity index (χ4v) is 3.50. The Morgan fingerprint density at radius 1 is 0.893 bits per heavy atom. The molecule has 0 bridgehead atoms. The minimum absolute atomic E-state index is 0.566. The number of nitrogen functional groups attached to an aromatic ring is 1. The van der Waals surface area contributed by atoms with Crippen LogP contribution in [0.1, 0.15) is 5.56 Å². The zero-order valence-electron chi connectivity index (χ0n) is 15.2. The molecule has 5 heteroatoms. The van der Waals surface area contributed by atoms with E-state index < -0.39 is 0 Å². The number of fused-ring (bicyclic) bond motifs is 1. The summed E-state index contributed by atoms with van der Waals surface area (Å²) < 4.78 is 1.90. The Bertz CT molecular complexity index is 1200. The predicted octanol–water partition coefficient (Wildman–Crippen LogP) is 4.36. The molecule has 2 N–H and O–H groups in total. The van der Waals surface area contributed by atoms with Crippen LogP contribution in [-0.4, -0.2) is 22.0 Å². The lowest BCUT2D eigenvalue weighted by atomic mass is 10.0. The number of benzene rings is 2. The van der Waals surface area contributed by atoms with Gasteiger partial charge in [-0.3, -0.25) is 4.99 Å². The highest BCUT2D eigenvalue weighted by molar-refractivity contribution is 6.17. The number of aromatic nitrogens is 2. The smallest absolute Gasteiger partial charge is 0.115 e. The number of allylic oxidation sites excluding steroid dienone is 1. The van der Waals surface area contributed by atoms with E-state index in [-0.39, 0.29) is 0 Å². The monoisotopic (exact) mass is 365 g/mol. The van der Waals surface area contributed by atoms with Crippen molar-refractivity contribution >= 4 is 22.6 Å². The van der Waals surface area contributed by atoms with Crippen LogP contribution < -0.4 is 10.6 Å². The van der Waals surface area contributed by atoms with Crippen LogP contribution >= 0.6 is 0 Å². The summed E-state index contributed by atoms with van der Waals surface area (Å²) in [5.41, 5.74) is 12.7. The van der Waals surface area contributed by atoms with Gasteiger partial charge in [-0.25, -0.2) is 4.52 Å². The van der Waals surface area contributed by atoms with Crippen molar-refractivity contribution in [1.29, 1.82) is 0 Å². The van der Waals surface area contributed by atoms with E-state index in [1.165, 1.54) is 0 Å². The Balaban J connectivity index is 1.60. The first-order chi connectivity index (χ1) is 13.8. The summed E-state index contributed by atoms with van der Waals surface area (Å²) in [7, 11) is 0. The molecule has 0 atom stereocenters. The Hall–Kier alpha value is -3.86. The van der Waals surface area contributed by atoms with Gasteiger partial charge in [0.2, 0.25) is 0 Å². The van der Waals surface area contributed by atoms with Crippen molar-refractivity contribution in [3.8, 4) is 11.3 Å². The lowest BCUT2D eigenvalue weighted by Gasteiger charge is -2.22. The Morgan fingerprint density at radius 2 is 1.75 bits per heavy atom. The van der Waals surface area contributed by atoms with E-state index in [1.54, 1.807) is 0 Å². The second-order valence-corrected chi connectivity index (χ2v) is 6.69. The average molecular weight is 365 g/mol. The maximum atomic E-state index is 6.02. The zero-order valence-corrected chi connectivity index (χ0v) is 15.2. The normalized spacial score (nSPS) is 13.7. The highest BCUT2D eigenvalue weighted by atomic mass is 15.2. The number of para-hydroxylation sites is 1. The minimum atomic E-state index is 0.566. The van der Waals surface area contributed by atoms with Gasteiger partial charge >= 0.3 is 0 Å². The van der Waals surface area contributed by atoms with Crippen LogP contribution in [0.3, 0.4) is 0 Å². The van der Waals surface area contributed by atoms with Gasteiger partial charge in [0, 0.05) is 29.3 Å². The van der Waals surface area contributed by atoms with Gasteiger partial charge in [0.05, 0.1) is 16.8 Å². The largest absolute Gasteiger partial charge is 0.399 e. The molecule has 3 heterocycles. The van der Waals surface area contributed by atoms with Gasteiger partial charge in [-0.15, -0.1) is 0 Å². The number of anilines is 2. The van der Waals surface area contributed by atoms with Crippen LogP contribution in [0.4, 0.5) is 11.4 Å². The van der Waals surface area contributed by atoms with Crippen molar-refractivity contribution in [3.63, 3.8) is 0 Å². The summed E-state index contributed by atoms with van der Waals surface area (Å²) >= 11 is 0. The maximum absolute atomic E-state index is 6.02. The number of pyridine rings is 1. The summed E-state index contributed by atoms with van der Waals surface area (Å²) in [5.74, 6) is 0. The Labute approximate surface area is 163 Å². The molecule has 4 aromatic rings. The third kappa shape index (κ3) is 2.83. The van der Waals surface area contributed by atoms with Gasteiger partial charge in [0.25, 0.3) is 0 Å². The summed E-state index contributed by atoms with van der Waals surface area (Å²) in [6.07, 6.45) is 6.08. The fourth-order valence-electron chi connectivity index (χ4n) is 3.50. The molecule has 0 radical (unpaired) electrons. The number of hydrogen-bond donors (Lipinski definition) is 1. The molecule has 0 spiro atoms. The van der Waals surface area contributed by atoms with Crippen molar-refractivity contribution in [2.45, 2.75) is 0 Å². The summed E-state index contributed by atoms with van der Waals surface area (Å²) in [6.45, 7) is 0.566. The third-order valence-electron chi connectivity index (χ3n) is 4.85. The SMILES string of the molecule is Nc1cccc(-c2nn3ccccc3c2C2=NCN(c3ccccc3)C=C2)c1. The van der Waals surface area contributed by atoms with Gasteiger partial charge < -0.3 is 10.6 Å². The molecule has 2 aromatic carbocycles. The van der Waals surface area contributed by atoms with Crippen LogP contribution in [0.25, 0.3) is 16.8 Å². The minimum Gasteiger partial charge on any atom is -0.399 e. The molecule has 0 saturated carbocycles. The van der Waals surface area contributed by atoms with Crippen LogP contribution in [0, 0.1) is 0 Å². The van der Waals surface area contributed by atoms with Crippen molar-refractivity contribution < 1.29 is 0 Å². The Morgan fingerprint density at radius 3 is 2.54 bits per heavy atom. The van der Waals surface area contributed by atoms with E-state index in [0.717, 1.165) is 39.4 Å². The maximum Gasteiger partial charge on any atom is 0.115 e. The molecule has 0 saturated heterocycles. The Kier molecular flexibility index (Phi) is 3.91. The van der Waals surface area contributed by atoms with E-state index in [0.29, 0.717) is 6.67 Å². The molecule has 136 valence electrons. The topological polar surface area (TPSA) is 58.9 Å². The second kappa shape index (κ2) is 6.70. The van der Waals surface area contributed by atoms with Crippen molar-refractivity contribution in [2.24, 2.45) is 4.99 Å². The van der Waals surface area contributed by atoms with E-state index in [2.05, 4.69) is 35.4 Å². The standard InChI is InChI=1S/C23H19N5/c24-18-8-6-7-17(15-18)23-22(21-11-4-5-13-28(21)26-23)20-12-14-27(16-25-20)19-9-2-1-3-10-19/h1-15H,16,24H2. The van der Waals surface area contributed by atoms with Crippen molar-refractivity contribution in [2.75, 3.05) is 17.3 Å². The average Bonchev–Trinajstić information content (AvgIpc) is 3.14. The number of nitrogens with two attached hydrogens (primary N) is 1. The van der Waals surface area contributed by atoms with Crippen molar-refractivity contribution in [1.82, 2.24) is 9.61 Å². The molecule has 0 unspecified atom stereocenters.